The quantitative estimate of drug-likeness (QED) is 0.0825. The Morgan fingerprint density at radius 2 is 1.32 bits per heavy atom. The first-order valence-electron chi connectivity index (χ1n) is 12.1. The molecule has 3 aromatic rings. The van der Waals surface area contributed by atoms with Gasteiger partial charge in [-0.1, -0.05) is 42.5 Å². The minimum atomic E-state index is -5.08. The summed E-state index contributed by atoms with van der Waals surface area (Å²) in [5.41, 5.74) is 16.5. The highest BCUT2D eigenvalue weighted by molar-refractivity contribution is 5.96. The van der Waals surface area contributed by atoms with Gasteiger partial charge in [0.1, 0.15) is 11.7 Å². The minimum Gasteiger partial charge on any atom is -0.475 e. The molecular formula is C27H27F6N5O6. The molecule has 0 atom stereocenters. The Balaban J connectivity index is 0.000000574. The molecule has 238 valence electrons. The van der Waals surface area contributed by atoms with Crippen LogP contribution in [0, 0.1) is 10.8 Å². The van der Waals surface area contributed by atoms with Gasteiger partial charge in [-0.25, -0.2) is 14.4 Å². The zero-order valence-electron chi connectivity index (χ0n) is 22.8. The number of hydrogen-bond donors (Lipinski definition) is 7. The van der Waals surface area contributed by atoms with Crippen LogP contribution in [0.5, 0.6) is 0 Å². The smallest absolute Gasteiger partial charge is 0.475 e. The van der Waals surface area contributed by atoms with E-state index in [4.69, 9.17) is 46.8 Å². The molecule has 0 amide bonds. The summed E-state index contributed by atoms with van der Waals surface area (Å²) in [6, 6.07) is 14.8. The van der Waals surface area contributed by atoms with Crippen molar-refractivity contribution in [1.82, 2.24) is 4.98 Å². The maximum absolute atomic E-state index is 12.7. The van der Waals surface area contributed by atoms with Crippen molar-refractivity contribution in [2.75, 3.05) is 6.61 Å². The van der Waals surface area contributed by atoms with E-state index < -0.39 is 24.3 Å². The van der Waals surface area contributed by atoms with Crippen LogP contribution in [0.3, 0.4) is 0 Å². The standard InChI is InChI=1S/C23H25N5O2.2C2HF3O2/c1-2-30-23(29)20-18(11-15-4-3-5-17(10-15)22(26)27)13-28-19(20)12-14-6-8-16(9-7-14)21(24)25;2*3-2(4,5)1(6)7/h3-10,13,28H,2,11-12H2,1H3,(H3,24,25)(H3,26,27);2*(H,6,7). The summed E-state index contributed by atoms with van der Waals surface area (Å²) in [4.78, 5) is 33.7. The van der Waals surface area contributed by atoms with Crippen molar-refractivity contribution in [1.29, 1.82) is 10.8 Å². The van der Waals surface area contributed by atoms with Gasteiger partial charge >= 0.3 is 30.3 Å². The maximum Gasteiger partial charge on any atom is 0.490 e. The average Bonchev–Trinajstić information content (AvgIpc) is 3.30. The third kappa shape index (κ3) is 11.9. The number of carboxylic acids is 2. The Morgan fingerprint density at radius 3 is 1.75 bits per heavy atom. The van der Waals surface area contributed by atoms with Crippen molar-refractivity contribution in [3.05, 3.63) is 93.8 Å². The number of benzene rings is 2. The van der Waals surface area contributed by atoms with Crippen LogP contribution in [-0.4, -0.2) is 63.7 Å². The van der Waals surface area contributed by atoms with Crippen molar-refractivity contribution in [3.63, 3.8) is 0 Å². The Hall–Kier alpha value is -5.35. The van der Waals surface area contributed by atoms with E-state index in [0.717, 1.165) is 22.4 Å². The number of rotatable bonds is 8. The molecule has 0 aliphatic carbocycles. The number of carbonyl (C=O) groups excluding carboxylic acids is 1. The Labute approximate surface area is 245 Å². The van der Waals surface area contributed by atoms with Crippen molar-refractivity contribution in [2.45, 2.75) is 32.1 Å². The second kappa shape index (κ2) is 15.8. The molecule has 1 aromatic heterocycles. The minimum absolute atomic E-state index is 0.00577. The number of nitrogens with one attached hydrogen (secondary N) is 3. The number of ether oxygens (including phenoxy) is 1. The molecule has 0 aliphatic rings. The van der Waals surface area contributed by atoms with E-state index in [1.807, 2.05) is 36.5 Å². The third-order valence-electron chi connectivity index (χ3n) is 5.29. The fourth-order valence-electron chi connectivity index (χ4n) is 3.32. The lowest BCUT2D eigenvalue weighted by Gasteiger charge is -2.09. The number of nitrogens with two attached hydrogens (primary N) is 2. The number of aromatic amines is 1. The van der Waals surface area contributed by atoms with Gasteiger partial charge in [0.15, 0.2) is 0 Å². The zero-order chi connectivity index (χ0) is 33.8. The lowest BCUT2D eigenvalue weighted by molar-refractivity contribution is -0.193. The Kier molecular flexibility index (Phi) is 13.1. The molecule has 44 heavy (non-hydrogen) atoms. The van der Waals surface area contributed by atoms with Crippen LogP contribution in [0.4, 0.5) is 26.3 Å². The molecular weight excluding hydrogens is 604 g/mol. The number of carboxylic acid groups (broad SMARTS) is 2. The number of hydrogen-bond acceptors (Lipinski definition) is 6. The topological polar surface area (TPSA) is 216 Å². The number of amidine groups is 2. The molecule has 0 saturated heterocycles. The second-order valence-electron chi connectivity index (χ2n) is 8.57. The molecule has 0 spiro atoms. The van der Waals surface area contributed by atoms with Gasteiger partial charge in [0, 0.05) is 29.4 Å². The fourth-order valence-corrected chi connectivity index (χ4v) is 3.32. The molecule has 3 rings (SSSR count). The lowest BCUT2D eigenvalue weighted by Crippen LogP contribution is -2.21. The van der Waals surface area contributed by atoms with Crippen molar-refractivity contribution >= 4 is 29.6 Å². The van der Waals surface area contributed by atoms with Crippen LogP contribution >= 0.6 is 0 Å². The molecule has 11 nitrogen and oxygen atoms in total. The van der Waals surface area contributed by atoms with Crippen molar-refractivity contribution in [2.24, 2.45) is 11.5 Å². The van der Waals surface area contributed by atoms with Crippen LogP contribution in [0.2, 0.25) is 0 Å². The summed E-state index contributed by atoms with van der Waals surface area (Å²) < 4.78 is 68.8. The maximum atomic E-state index is 12.7. The molecule has 0 saturated carbocycles. The van der Waals surface area contributed by atoms with Crippen LogP contribution in [0.15, 0.2) is 54.7 Å². The molecule has 0 bridgehead atoms. The van der Waals surface area contributed by atoms with Gasteiger partial charge in [-0.05, 0) is 36.1 Å². The van der Waals surface area contributed by atoms with Gasteiger partial charge in [-0.2, -0.15) is 26.3 Å². The van der Waals surface area contributed by atoms with Gasteiger partial charge in [0.05, 0.1) is 12.2 Å². The van der Waals surface area contributed by atoms with E-state index in [0.29, 0.717) is 29.5 Å². The van der Waals surface area contributed by atoms with E-state index in [1.54, 1.807) is 25.1 Å². The number of H-pyrrole nitrogens is 1. The fraction of sp³-hybridized carbons (Fsp3) is 0.222. The monoisotopic (exact) mass is 631 g/mol. The summed E-state index contributed by atoms with van der Waals surface area (Å²) in [6.45, 7) is 2.07. The van der Waals surface area contributed by atoms with Gasteiger partial charge in [-0.15, -0.1) is 0 Å². The van der Waals surface area contributed by atoms with Crippen LogP contribution in [-0.2, 0) is 27.2 Å². The van der Waals surface area contributed by atoms with Gasteiger partial charge < -0.3 is 31.4 Å². The Morgan fingerprint density at radius 1 is 0.818 bits per heavy atom. The van der Waals surface area contributed by atoms with Crippen molar-refractivity contribution in [3.8, 4) is 0 Å². The predicted molar refractivity (Wildman–Crippen MR) is 145 cm³/mol. The predicted octanol–water partition coefficient (Wildman–Crippen LogP) is 4.21. The van der Waals surface area contributed by atoms with Crippen LogP contribution < -0.4 is 11.5 Å². The third-order valence-corrected chi connectivity index (χ3v) is 5.29. The summed E-state index contributed by atoms with van der Waals surface area (Å²) in [5, 5.41) is 29.4. The van der Waals surface area contributed by atoms with E-state index >= 15 is 0 Å². The highest BCUT2D eigenvalue weighted by atomic mass is 19.4. The number of aliphatic carboxylic acids is 2. The molecule has 2 aromatic carbocycles. The zero-order valence-corrected chi connectivity index (χ0v) is 22.8. The molecule has 0 unspecified atom stereocenters. The molecule has 0 radical (unpaired) electrons. The second-order valence-corrected chi connectivity index (χ2v) is 8.57. The molecule has 17 heteroatoms. The first-order valence-corrected chi connectivity index (χ1v) is 12.1. The molecule has 0 fully saturated rings. The lowest BCUT2D eigenvalue weighted by atomic mass is 9.98. The number of nitrogen functional groups attached to an aromatic ring is 2. The highest BCUT2D eigenvalue weighted by Gasteiger charge is 2.38. The van der Waals surface area contributed by atoms with E-state index in [9.17, 15) is 31.1 Å². The number of carbonyl (C=O) groups is 3. The van der Waals surface area contributed by atoms with E-state index in [2.05, 4.69) is 4.98 Å². The first-order chi connectivity index (χ1) is 20.3. The summed E-state index contributed by atoms with van der Waals surface area (Å²) >= 11 is 0. The normalized spacial score (nSPS) is 10.8. The summed E-state index contributed by atoms with van der Waals surface area (Å²) in [5.74, 6) is -5.86. The van der Waals surface area contributed by atoms with E-state index in [-0.39, 0.29) is 24.2 Å². The van der Waals surface area contributed by atoms with E-state index in [1.165, 1.54) is 0 Å². The molecule has 9 N–H and O–H groups in total. The van der Waals surface area contributed by atoms with Crippen LogP contribution in [0.25, 0.3) is 0 Å². The van der Waals surface area contributed by atoms with Gasteiger partial charge in [0.2, 0.25) is 0 Å². The number of alkyl halides is 6. The summed E-state index contributed by atoms with van der Waals surface area (Å²) in [6.07, 6.45) is -7.32. The van der Waals surface area contributed by atoms with Crippen LogP contribution in [0.1, 0.15) is 50.8 Å². The largest absolute Gasteiger partial charge is 0.490 e. The highest BCUT2D eigenvalue weighted by Crippen LogP contribution is 2.23. The number of aromatic nitrogens is 1. The molecule has 1 heterocycles. The number of halogens is 6. The first kappa shape index (κ1) is 36.7. The Bertz CT molecular complexity index is 1460. The molecule has 0 aliphatic heterocycles. The van der Waals surface area contributed by atoms with Crippen molar-refractivity contribution < 1.29 is 55.7 Å². The van der Waals surface area contributed by atoms with Gasteiger partial charge in [-0.3, -0.25) is 10.8 Å². The summed E-state index contributed by atoms with van der Waals surface area (Å²) in [7, 11) is 0. The SMILES string of the molecule is CCOC(=O)c1c(Cc2cccc(C(=N)N)c2)c[nH]c1Cc1ccc(C(=N)N)cc1.O=C(O)C(F)(F)F.O=C(O)C(F)(F)F. The number of esters is 1. The van der Waals surface area contributed by atoms with Gasteiger partial charge in [0.25, 0.3) is 0 Å². The average molecular weight is 632 g/mol.